The third kappa shape index (κ3) is 3.35. The minimum absolute atomic E-state index is 0.121. The molecule has 1 fully saturated rings. The van der Waals surface area contributed by atoms with Crippen LogP contribution in [0.4, 0.5) is 5.69 Å². The van der Waals surface area contributed by atoms with Gasteiger partial charge in [0.2, 0.25) is 5.91 Å². The summed E-state index contributed by atoms with van der Waals surface area (Å²) in [6.07, 6.45) is 4.05. The smallest absolute Gasteiger partial charge is 0.419 e. The monoisotopic (exact) mass is 414 g/mol. The second-order valence-corrected chi connectivity index (χ2v) is 7.85. The highest BCUT2D eigenvalue weighted by Gasteiger charge is 2.44. The largest absolute Gasteiger partial charge is 0.448 e. The van der Waals surface area contributed by atoms with Crippen LogP contribution in [0, 0.1) is 0 Å². The molecule has 2 aliphatic rings. The van der Waals surface area contributed by atoms with Gasteiger partial charge in [0.25, 0.3) is 5.79 Å². The first-order valence-corrected chi connectivity index (χ1v) is 10.0. The Morgan fingerprint density at radius 1 is 1.10 bits per heavy atom. The number of benzene rings is 2. The first-order chi connectivity index (χ1) is 14.0. The van der Waals surface area contributed by atoms with Crippen LogP contribution in [0.5, 0.6) is 11.5 Å². The van der Waals surface area contributed by atoms with Gasteiger partial charge in [-0.05, 0) is 37.1 Å². The summed E-state index contributed by atoms with van der Waals surface area (Å²) >= 11 is 5.92. The summed E-state index contributed by atoms with van der Waals surface area (Å²) in [5, 5.41) is 3.33. The molecule has 7 nitrogen and oxygen atoms in total. The maximum absolute atomic E-state index is 12.4. The van der Waals surface area contributed by atoms with Crippen molar-refractivity contribution in [2.24, 2.45) is 0 Å². The zero-order valence-corrected chi connectivity index (χ0v) is 16.3. The maximum atomic E-state index is 12.4. The fraction of sp³-hybridized carbons (Fsp3) is 0.333. The van der Waals surface area contributed by atoms with E-state index < -0.39 is 11.5 Å². The minimum Gasteiger partial charge on any atom is -0.448 e. The van der Waals surface area contributed by atoms with Crippen LogP contribution >= 0.6 is 11.6 Å². The lowest BCUT2D eigenvalue weighted by molar-refractivity contribution is -0.116. The van der Waals surface area contributed by atoms with Crippen LogP contribution < -0.4 is 20.5 Å². The highest BCUT2D eigenvalue weighted by atomic mass is 35.5. The second kappa shape index (κ2) is 6.84. The highest BCUT2D eigenvalue weighted by molar-refractivity contribution is 6.31. The molecule has 0 saturated heterocycles. The molecule has 2 aromatic carbocycles. The molecule has 0 radical (unpaired) electrons. The Labute approximate surface area is 171 Å². The Morgan fingerprint density at radius 2 is 1.90 bits per heavy atom. The average molecular weight is 415 g/mol. The standard InChI is InChI=1S/C21H19ClN2O5/c22-13-3-5-15-17(11-13)27-20(26)24(15)10-7-19(25)23-14-4-6-16-18(12-14)29-21(28-16)8-1-2-9-21/h3-6,11-12H,1-2,7-10H2,(H,23,25). The van der Waals surface area contributed by atoms with Gasteiger partial charge in [0.05, 0.1) is 5.52 Å². The number of hydrogen-bond acceptors (Lipinski definition) is 5. The molecule has 0 bridgehead atoms. The molecular weight excluding hydrogens is 396 g/mol. The van der Waals surface area contributed by atoms with Crippen LogP contribution in [0.3, 0.4) is 0 Å². The van der Waals surface area contributed by atoms with Crippen LogP contribution in [0.1, 0.15) is 32.1 Å². The number of nitrogens with one attached hydrogen (secondary N) is 1. The number of aromatic nitrogens is 1. The molecular formula is C21H19ClN2O5. The number of hydrogen-bond donors (Lipinski definition) is 1. The SMILES string of the molecule is O=C(CCn1c(=O)oc2cc(Cl)ccc21)Nc1ccc2c(c1)OC1(CCCC1)O2. The Hall–Kier alpha value is -2.93. The van der Waals surface area contributed by atoms with E-state index in [0.717, 1.165) is 25.7 Å². The summed E-state index contributed by atoms with van der Waals surface area (Å²) in [5.74, 6) is 0.102. The third-order valence-electron chi connectivity index (χ3n) is 5.38. The Morgan fingerprint density at radius 3 is 2.72 bits per heavy atom. The van der Waals surface area contributed by atoms with E-state index >= 15 is 0 Å². The van der Waals surface area contributed by atoms with Gasteiger partial charge in [0.1, 0.15) is 0 Å². The molecule has 150 valence electrons. The molecule has 29 heavy (non-hydrogen) atoms. The summed E-state index contributed by atoms with van der Waals surface area (Å²) in [6.45, 7) is 0.201. The number of rotatable bonds is 4. The number of ether oxygens (including phenoxy) is 2. The molecule has 3 aromatic rings. The number of carbonyl (C=O) groups excluding carboxylic acids is 1. The number of amides is 1. The topological polar surface area (TPSA) is 82.7 Å². The van der Waals surface area contributed by atoms with Crippen molar-refractivity contribution in [3.05, 3.63) is 52.0 Å². The summed E-state index contributed by atoms with van der Waals surface area (Å²) in [7, 11) is 0. The summed E-state index contributed by atoms with van der Waals surface area (Å²) in [6, 6.07) is 10.3. The van der Waals surface area contributed by atoms with Crippen LogP contribution in [-0.2, 0) is 11.3 Å². The van der Waals surface area contributed by atoms with E-state index in [4.69, 9.17) is 25.5 Å². The van der Waals surface area contributed by atoms with E-state index in [1.54, 1.807) is 30.3 Å². The van der Waals surface area contributed by atoms with Gasteiger partial charge in [-0.15, -0.1) is 0 Å². The zero-order chi connectivity index (χ0) is 20.0. The molecule has 5 rings (SSSR count). The molecule has 1 spiro atoms. The van der Waals surface area contributed by atoms with Gasteiger partial charge in [0, 0.05) is 48.6 Å². The maximum Gasteiger partial charge on any atom is 0.419 e. The van der Waals surface area contributed by atoms with E-state index in [1.165, 1.54) is 4.57 Å². The number of nitrogens with zero attached hydrogens (tertiary/aromatic N) is 1. The van der Waals surface area contributed by atoms with Crippen molar-refractivity contribution >= 4 is 34.3 Å². The van der Waals surface area contributed by atoms with E-state index in [9.17, 15) is 9.59 Å². The van der Waals surface area contributed by atoms with Gasteiger partial charge in [-0.3, -0.25) is 9.36 Å². The van der Waals surface area contributed by atoms with Crippen LogP contribution in [0.25, 0.3) is 11.1 Å². The molecule has 1 aliphatic heterocycles. The molecule has 1 aromatic heterocycles. The predicted octanol–water partition coefficient (Wildman–Crippen LogP) is 4.32. The van der Waals surface area contributed by atoms with Gasteiger partial charge in [-0.2, -0.15) is 0 Å². The first-order valence-electron chi connectivity index (χ1n) is 9.62. The number of oxazole rings is 1. The lowest BCUT2D eigenvalue weighted by Crippen LogP contribution is -2.34. The van der Waals surface area contributed by atoms with Crippen molar-refractivity contribution in [2.75, 3.05) is 5.32 Å². The van der Waals surface area contributed by atoms with E-state index in [2.05, 4.69) is 5.32 Å². The van der Waals surface area contributed by atoms with Crippen molar-refractivity contribution in [1.82, 2.24) is 4.57 Å². The highest BCUT2D eigenvalue weighted by Crippen LogP contribution is 2.47. The number of carbonyl (C=O) groups is 1. The van der Waals surface area contributed by atoms with Crippen molar-refractivity contribution in [1.29, 1.82) is 0 Å². The second-order valence-electron chi connectivity index (χ2n) is 7.41. The molecule has 2 heterocycles. The first kappa shape index (κ1) is 18.1. The van der Waals surface area contributed by atoms with Gasteiger partial charge in [-0.1, -0.05) is 11.6 Å². The quantitative estimate of drug-likeness (QED) is 0.687. The molecule has 0 atom stereocenters. The molecule has 1 amide bonds. The lowest BCUT2D eigenvalue weighted by atomic mass is 10.2. The molecule has 8 heteroatoms. The summed E-state index contributed by atoms with van der Waals surface area (Å²) < 4.78 is 18.6. The van der Waals surface area contributed by atoms with E-state index in [0.29, 0.717) is 33.3 Å². The molecule has 1 aliphatic carbocycles. The number of aryl methyl sites for hydroxylation is 1. The summed E-state index contributed by atoms with van der Waals surface area (Å²) in [4.78, 5) is 24.5. The average Bonchev–Trinajstić information content (AvgIpc) is 3.36. The molecule has 1 N–H and O–H groups in total. The van der Waals surface area contributed by atoms with Gasteiger partial charge < -0.3 is 19.2 Å². The van der Waals surface area contributed by atoms with Crippen molar-refractivity contribution < 1.29 is 18.7 Å². The van der Waals surface area contributed by atoms with Crippen LogP contribution in [0.2, 0.25) is 5.02 Å². The van der Waals surface area contributed by atoms with E-state index in [-0.39, 0.29) is 18.9 Å². The normalized spacial score (nSPS) is 16.6. The Kier molecular flexibility index (Phi) is 4.28. The number of fused-ring (bicyclic) bond motifs is 2. The summed E-state index contributed by atoms with van der Waals surface area (Å²) in [5.41, 5.74) is 1.64. The lowest BCUT2D eigenvalue weighted by Gasteiger charge is -2.21. The van der Waals surface area contributed by atoms with Crippen molar-refractivity contribution in [2.45, 2.75) is 44.4 Å². The van der Waals surface area contributed by atoms with Gasteiger partial charge >= 0.3 is 5.76 Å². The number of halogens is 1. The Balaban J connectivity index is 1.26. The minimum atomic E-state index is -0.530. The van der Waals surface area contributed by atoms with E-state index in [1.807, 2.05) is 6.07 Å². The van der Waals surface area contributed by atoms with Gasteiger partial charge in [-0.25, -0.2) is 4.79 Å². The number of anilines is 1. The fourth-order valence-electron chi connectivity index (χ4n) is 3.98. The van der Waals surface area contributed by atoms with Gasteiger partial charge in [0.15, 0.2) is 17.1 Å². The van der Waals surface area contributed by atoms with Crippen molar-refractivity contribution in [3.63, 3.8) is 0 Å². The zero-order valence-electron chi connectivity index (χ0n) is 15.6. The Bertz CT molecular complexity index is 1160. The predicted molar refractivity (Wildman–Crippen MR) is 108 cm³/mol. The molecule has 1 saturated carbocycles. The third-order valence-corrected chi connectivity index (χ3v) is 5.61. The van der Waals surface area contributed by atoms with Crippen LogP contribution in [-0.4, -0.2) is 16.3 Å². The molecule has 0 unspecified atom stereocenters. The van der Waals surface area contributed by atoms with Crippen molar-refractivity contribution in [3.8, 4) is 11.5 Å². The fourth-order valence-corrected chi connectivity index (χ4v) is 4.14. The van der Waals surface area contributed by atoms with Crippen LogP contribution in [0.15, 0.2) is 45.6 Å².